The molecule has 1 aromatic carbocycles. The van der Waals surface area contributed by atoms with Gasteiger partial charge in [0.2, 0.25) is 0 Å². The van der Waals surface area contributed by atoms with Gasteiger partial charge in [-0.15, -0.1) is 11.8 Å². The van der Waals surface area contributed by atoms with Crippen molar-refractivity contribution in [1.82, 2.24) is 0 Å². The van der Waals surface area contributed by atoms with Crippen molar-refractivity contribution in [3.8, 4) is 5.75 Å². The third-order valence-corrected chi connectivity index (χ3v) is 3.87. The maximum absolute atomic E-state index is 12.1. The molecule has 0 unspecified atom stereocenters. The van der Waals surface area contributed by atoms with Gasteiger partial charge in [0.25, 0.3) is 0 Å². The molecule has 0 saturated carbocycles. The topological polar surface area (TPSA) is 55.8 Å². The molecule has 20 heavy (non-hydrogen) atoms. The van der Waals surface area contributed by atoms with Crippen LogP contribution in [0.4, 0.5) is 0 Å². The van der Waals surface area contributed by atoms with Gasteiger partial charge in [-0.05, 0) is 36.8 Å². The average Bonchev–Trinajstić information content (AvgIpc) is 2.41. The lowest BCUT2D eigenvalue weighted by atomic mass is 10.00. The molecular formula is C15H22O4S. The van der Waals surface area contributed by atoms with E-state index in [0.717, 1.165) is 28.9 Å². The van der Waals surface area contributed by atoms with Crippen molar-refractivity contribution >= 4 is 17.7 Å². The Morgan fingerprint density at radius 3 is 2.65 bits per heavy atom. The molecule has 0 fully saturated rings. The van der Waals surface area contributed by atoms with E-state index in [0.29, 0.717) is 6.61 Å². The number of benzene rings is 1. The number of hydrogen-bond acceptors (Lipinski definition) is 5. The minimum absolute atomic E-state index is 0.0193. The molecule has 0 aromatic heterocycles. The largest absolute Gasteiger partial charge is 0.507 e. The van der Waals surface area contributed by atoms with Crippen LogP contribution in [0.2, 0.25) is 0 Å². The summed E-state index contributed by atoms with van der Waals surface area (Å²) in [6, 6.07) is 1.64. The lowest BCUT2D eigenvalue weighted by Crippen LogP contribution is -2.12. The third-order valence-electron chi connectivity index (χ3n) is 3.02. The molecule has 0 heterocycles. The first-order valence-corrected chi connectivity index (χ1v) is 7.84. The quantitative estimate of drug-likeness (QED) is 0.476. The summed E-state index contributed by atoms with van der Waals surface area (Å²) in [5, 5.41) is 10.1. The minimum atomic E-state index is -0.499. The lowest BCUT2D eigenvalue weighted by molar-refractivity contribution is 0.0381. The van der Waals surface area contributed by atoms with Gasteiger partial charge in [-0.25, -0.2) is 4.79 Å². The van der Waals surface area contributed by atoms with Crippen LogP contribution in [-0.2, 0) is 15.9 Å². The highest BCUT2D eigenvalue weighted by Gasteiger charge is 2.22. The smallest absolute Gasteiger partial charge is 0.343 e. The predicted molar refractivity (Wildman–Crippen MR) is 80.8 cm³/mol. The number of aromatic hydroxyl groups is 1. The second-order valence-corrected chi connectivity index (χ2v) is 5.29. The van der Waals surface area contributed by atoms with Gasteiger partial charge in [-0.2, -0.15) is 0 Å². The Kier molecular flexibility index (Phi) is 6.88. The second kappa shape index (κ2) is 8.17. The first-order valence-electron chi connectivity index (χ1n) is 6.62. The summed E-state index contributed by atoms with van der Waals surface area (Å²) in [6.45, 7) is 4.56. The number of aryl methyl sites for hydroxylation is 1. The molecule has 1 N–H and O–H groups in total. The van der Waals surface area contributed by atoms with E-state index in [1.54, 1.807) is 13.2 Å². The van der Waals surface area contributed by atoms with E-state index in [1.807, 2.05) is 13.2 Å². The minimum Gasteiger partial charge on any atom is -0.507 e. The van der Waals surface area contributed by atoms with Crippen LogP contribution >= 0.6 is 11.8 Å². The van der Waals surface area contributed by atoms with Crippen LogP contribution in [0.25, 0.3) is 0 Å². The van der Waals surface area contributed by atoms with Gasteiger partial charge in [0.15, 0.2) is 0 Å². The number of esters is 1. The van der Waals surface area contributed by atoms with Crippen molar-refractivity contribution in [2.24, 2.45) is 0 Å². The Labute approximate surface area is 124 Å². The highest BCUT2D eigenvalue weighted by molar-refractivity contribution is 7.98. The summed E-state index contributed by atoms with van der Waals surface area (Å²) >= 11 is 1.47. The van der Waals surface area contributed by atoms with Gasteiger partial charge >= 0.3 is 5.97 Å². The van der Waals surface area contributed by atoms with Crippen molar-refractivity contribution in [2.45, 2.75) is 31.6 Å². The van der Waals surface area contributed by atoms with E-state index in [2.05, 4.69) is 6.92 Å². The zero-order chi connectivity index (χ0) is 15.1. The number of phenolic OH excluding ortho intramolecular Hbond substituents is 1. The Balaban J connectivity index is 3.16. The number of thioether (sulfide) groups is 1. The van der Waals surface area contributed by atoms with Crippen LogP contribution in [-0.4, -0.2) is 37.7 Å². The van der Waals surface area contributed by atoms with E-state index in [-0.39, 0.29) is 17.9 Å². The molecule has 1 rings (SSSR count). The van der Waals surface area contributed by atoms with Crippen molar-refractivity contribution in [3.05, 3.63) is 22.8 Å². The van der Waals surface area contributed by atoms with Gasteiger partial charge in [0.1, 0.15) is 17.9 Å². The van der Waals surface area contributed by atoms with Gasteiger partial charge in [0, 0.05) is 12.0 Å². The molecule has 0 atom stereocenters. The maximum atomic E-state index is 12.1. The van der Waals surface area contributed by atoms with Gasteiger partial charge in [0.05, 0.1) is 6.61 Å². The van der Waals surface area contributed by atoms with Gasteiger partial charge in [-0.3, -0.25) is 0 Å². The SMILES string of the molecule is CCCc1c(C)cc(O)c(C(=O)OCCOC)c1SC. The van der Waals surface area contributed by atoms with Crippen LogP contribution in [0.3, 0.4) is 0 Å². The summed E-state index contributed by atoms with van der Waals surface area (Å²) in [5.41, 5.74) is 2.38. The van der Waals surface area contributed by atoms with Crippen molar-refractivity contribution in [2.75, 3.05) is 26.6 Å². The first kappa shape index (κ1) is 16.9. The monoisotopic (exact) mass is 298 g/mol. The standard InChI is InChI=1S/C15H22O4S/c1-5-6-11-10(2)9-12(16)13(14(11)20-4)15(17)19-8-7-18-3/h9,16H,5-8H2,1-4H3. The normalized spacial score (nSPS) is 10.6. The fraction of sp³-hybridized carbons (Fsp3) is 0.533. The van der Waals surface area contributed by atoms with E-state index >= 15 is 0 Å². The molecule has 0 aliphatic heterocycles. The molecule has 4 nitrogen and oxygen atoms in total. The molecule has 1 aromatic rings. The Hall–Kier alpha value is -1.20. The molecule has 0 radical (unpaired) electrons. The van der Waals surface area contributed by atoms with Crippen LogP contribution in [0.15, 0.2) is 11.0 Å². The number of carbonyl (C=O) groups is 1. The van der Waals surface area contributed by atoms with Crippen LogP contribution in [0, 0.1) is 6.92 Å². The second-order valence-electron chi connectivity index (χ2n) is 4.48. The molecule has 0 spiro atoms. The summed E-state index contributed by atoms with van der Waals surface area (Å²) in [7, 11) is 1.55. The molecule has 5 heteroatoms. The fourth-order valence-corrected chi connectivity index (χ4v) is 2.99. The summed E-state index contributed by atoms with van der Waals surface area (Å²) < 4.78 is 9.98. The Bertz CT molecular complexity index is 471. The zero-order valence-corrected chi connectivity index (χ0v) is 13.3. The van der Waals surface area contributed by atoms with Crippen LogP contribution in [0.5, 0.6) is 5.75 Å². The predicted octanol–water partition coefficient (Wildman–Crippen LogP) is 3.18. The third kappa shape index (κ3) is 3.90. The average molecular weight is 298 g/mol. The number of methoxy groups -OCH3 is 1. The number of rotatable bonds is 7. The van der Waals surface area contributed by atoms with Crippen LogP contribution in [0.1, 0.15) is 34.8 Å². The number of hydrogen-bond donors (Lipinski definition) is 1. The fourth-order valence-electron chi connectivity index (χ4n) is 2.08. The number of ether oxygens (including phenoxy) is 2. The van der Waals surface area contributed by atoms with Crippen molar-refractivity contribution in [1.29, 1.82) is 0 Å². The van der Waals surface area contributed by atoms with E-state index < -0.39 is 5.97 Å². The molecular weight excluding hydrogens is 276 g/mol. The lowest BCUT2D eigenvalue weighted by Gasteiger charge is -2.16. The molecule has 0 amide bonds. The first-order chi connectivity index (χ1) is 9.56. The van der Waals surface area contributed by atoms with E-state index in [1.165, 1.54) is 11.8 Å². The Morgan fingerprint density at radius 2 is 2.10 bits per heavy atom. The summed E-state index contributed by atoms with van der Waals surface area (Å²) in [4.78, 5) is 12.9. The van der Waals surface area contributed by atoms with Crippen LogP contribution < -0.4 is 0 Å². The van der Waals surface area contributed by atoms with E-state index in [4.69, 9.17) is 9.47 Å². The highest BCUT2D eigenvalue weighted by Crippen LogP contribution is 2.35. The molecule has 0 bridgehead atoms. The zero-order valence-electron chi connectivity index (χ0n) is 12.5. The van der Waals surface area contributed by atoms with Gasteiger partial charge in [-0.1, -0.05) is 13.3 Å². The van der Waals surface area contributed by atoms with Crippen molar-refractivity contribution in [3.63, 3.8) is 0 Å². The summed E-state index contributed by atoms with van der Waals surface area (Å²) in [5.74, 6) is -0.518. The van der Waals surface area contributed by atoms with Crippen molar-refractivity contribution < 1.29 is 19.4 Å². The van der Waals surface area contributed by atoms with E-state index in [9.17, 15) is 9.90 Å². The molecule has 0 aliphatic carbocycles. The number of carbonyl (C=O) groups excluding carboxylic acids is 1. The molecule has 0 saturated heterocycles. The molecule has 112 valence electrons. The summed E-state index contributed by atoms with van der Waals surface area (Å²) in [6.07, 6.45) is 3.76. The Morgan fingerprint density at radius 1 is 1.40 bits per heavy atom. The number of phenols is 1. The molecule has 0 aliphatic rings. The highest BCUT2D eigenvalue weighted by atomic mass is 32.2. The maximum Gasteiger partial charge on any atom is 0.343 e. The van der Waals surface area contributed by atoms with Gasteiger partial charge < -0.3 is 14.6 Å².